The van der Waals surface area contributed by atoms with Gasteiger partial charge >= 0.3 is 7.12 Å². The zero-order chi connectivity index (χ0) is 17.5. The Balaban J connectivity index is 1.85. The summed E-state index contributed by atoms with van der Waals surface area (Å²) in [7, 11) is 1.57. The first kappa shape index (κ1) is 17.5. The first-order valence-electron chi connectivity index (χ1n) is 8.64. The lowest BCUT2D eigenvalue weighted by atomic mass is 9.75. The summed E-state index contributed by atoms with van der Waals surface area (Å²) >= 11 is 0. The molecule has 0 N–H and O–H groups in total. The molecule has 130 valence electrons. The number of likely N-dealkylation sites (N-methyl/N-ethyl adjacent to an activating group) is 1. The second-order valence-electron chi connectivity index (χ2n) is 7.77. The molecule has 0 bridgehead atoms. The van der Waals surface area contributed by atoms with Crippen molar-refractivity contribution in [2.24, 2.45) is 0 Å². The highest BCUT2D eigenvalue weighted by Gasteiger charge is 2.52. The van der Waals surface area contributed by atoms with E-state index in [0.29, 0.717) is 5.56 Å². The fourth-order valence-corrected chi connectivity index (χ4v) is 3.05. The van der Waals surface area contributed by atoms with Gasteiger partial charge in [-0.15, -0.1) is 0 Å². The minimum absolute atomic E-state index is 0.0633. The molecule has 2 aliphatic rings. The number of carbonyl (C=O) groups excluding carboxylic acids is 1. The van der Waals surface area contributed by atoms with Gasteiger partial charge in [0.25, 0.3) is 5.91 Å². The summed E-state index contributed by atoms with van der Waals surface area (Å²) in [6.45, 7) is 11.4. The van der Waals surface area contributed by atoms with E-state index in [-0.39, 0.29) is 5.91 Å². The van der Waals surface area contributed by atoms with Gasteiger partial charge in [-0.2, -0.15) is 0 Å². The van der Waals surface area contributed by atoms with Crippen LogP contribution >= 0.6 is 0 Å². The predicted molar refractivity (Wildman–Crippen MR) is 95.6 cm³/mol. The van der Waals surface area contributed by atoms with Crippen LogP contribution in [0.5, 0.6) is 0 Å². The molecule has 0 radical (unpaired) electrons. The van der Waals surface area contributed by atoms with Crippen LogP contribution in [-0.4, -0.2) is 67.3 Å². The van der Waals surface area contributed by atoms with E-state index in [2.05, 4.69) is 11.9 Å². The number of nitrogens with zero attached hydrogens (tertiary/aromatic N) is 2. The van der Waals surface area contributed by atoms with Crippen LogP contribution in [0.4, 0.5) is 0 Å². The second-order valence-corrected chi connectivity index (χ2v) is 7.77. The summed E-state index contributed by atoms with van der Waals surface area (Å²) in [5.74, 6) is 0.0633. The van der Waals surface area contributed by atoms with Gasteiger partial charge in [-0.25, -0.2) is 0 Å². The zero-order valence-corrected chi connectivity index (χ0v) is 15.3. The molecule has 2 fully saturated rings. The van der Waals surface area contributed by atoms with Crippen LogP contribution < -0.4 is 5.46 Å². The van der Waals surface area contributed by atoms with E-state index in [1.165, 1.54) is 0 Å². The van der Waals surface area contributed by atoms with Gasteiger partial charge in [0, 0.05) is 31.7 Å². The molecule has 5 nitrogen and oxygen atoms in total. The fourth-order valence-electron chi connectivity index (χ4n) is 3.05. The standard InChI is InChI=1S/C18H27BN2O3/c1-17(2)18(3,4)24-19(23-17)15-9-7-6-8-14(15)16(22)21-12-10-20(5)11-13-21/h6-9H,10-13H2,1-5H3. The second kappa shape index (κ2) is 6.17. The third-order valence-corrected chi connectivity index (χ3v) is 5.49. The minimum Gasteiger partial charge on any atom is -0.399 e. The van der Waals surface area contributed by atoms with E-state index in [1.807, 2.05) is 56.9 Å². The Morgan fingerprint density at radius 3 is 2.12 bits per heavy atom. The SMILES string of the molecule is CN1CCN(C(=O)c2ccccc2B2OC(C)(C)C(C)(C)O2)CC1. The lowest BCUT2D eigenvalue weighted by Gasteiger charge is -2.33. The van der Waals surface area contributed by atoms with Gasteiger partial charge in [0.1, 0.15) is 0 Å². The number of rotatable bonds is 2. The average Bonchev–Trinajstić information content (AvgIpc) is 2.75. The topological polar surface area (TPSA) is 42.0 Å². The van der Waals surface area contributed by atoms with E-state index < -0.39 is 18.3 Å². The molecular weight excluding hydrogens is 303 g/mol. The molecule has 1 aromatic rings. The first-order chi connectivity index (χ1) is 11.2. The third kappa shape index (κ3) is 3.10. The molecular formula is C18H27BN2O3. The fraction of sp³-hybridized carbons (Fsp3) is 0.611. The van der Waals surface area contributed by atoms with Crippen LogP contribution in [0.3, 0.4) is 0 Å². The quantitative estimate of drug-likeness (QED) is 0.768. The van der Waals surface area contributed by atoms with Crippen LogP contribution in [0.1, 0.15) is 38.1 Å². The molecule has 0 spiro atoms. The Bertz CT molecular complexity index is 608. The molecule has 0 aliphatic carbocycles. The van der Waals surface area contributed by atoms with Crippen LogP contribution in [0.15, 0.2) is 24.3 Å². The molecule has 1 aromatic carbocycles. The van der Waals surface area contributed by atoms with Crippen LogP contribution in [0, 0.1) is 0 Å². The van der Waals surface area contributed by atoms with Crippen LogP contribution in [-0.2, 0) is 9.31 Å². The van der Waals surface area contributed by atoms with Crippen LogP contribution in [0.25, 0.3) is 0 Å². The van der Waals surface area contributed by atoms with E-state index >= 15 is 0 Å². The summed E-state index contributed by atoms with van der Waals surface area (Å²) in [5, 5.41) is 0. The van der Waals surface area contributed by atoms with E-state index in [1.54, 1.807) is 0 Å². The average molecular weight is 330 g/mol. The van der Waals surface area contributed by atoms with Gasteiger partial charge in [-0.3, -0.25) is 4.79 Å². The Morgan fingerprint density at radius 2 is 1.54 bits per heavy atom. The van der Waals surface area contributed by atoms with Gasteiger partial charge in [0.15, 0.2) is 0 Å². The normalized spacial score (nSPS) is 23.5. The molecule has 0 atom stereocenters. The van der Waals surface area contributed by atoms with Gasteiger partial charge in [0.2, 0.25) is 0 Å². The number of amides is 1. The van der Waals surface area contributed by atoms with E-state index in [0.717, 1.165) is 31.6 Å². The van der Waals surface area contributed by atoms with Gasteiger partial charge in [0.05, 0.1) is 11.2 Å². The summed E-state index contributed by atoms with van der Waals surface area (Å²) in [5.41, 5.74) is 0.671. The number of hydrogen-bond acceptors (Lipinski definition) is 4. The van der Waals surface area contributed by atoms with Crippen molar-refractivity contribution >= 4 is 18.5 Å². The highest BCUT2D eigenvalue weighted by atomic mass is 16.7. The maximum Gasteiger partial charge on any atom is 0.495 e. The summed E-state index contributed by atoms with van der Waals surface area (Å²) in [6.07, 6.45) is 0. The maximum absolute atomic E-state index is 13.0. The minimum atomic E-state index is -0.511. The van der Waals surface area contributed by atoms with Crippen molar-refractivity contribution in [3.8, 4) is 0 Å². The molecule has 0 aromatic heterocycles. The number of benzene rings is 1. The highest BCUT2D eigenvalue weighted by molar-refractivity contribution is 6.63. The summed E-state index contributed by atoms with van der Waals surface area (Å²) in [6, 6.07) is 7.64. The first-order valence-corrected chi connectivity index (χ1v) is 8.64. The van der Waals surface area contributed by atoms with Gasteiger partial charge in [-0.05, 0) is 46.3 Å². The van der Waals surface area contributed by atoms with Crippen molar-refractivity contribution in [2.75, 3.05) is 33.2 Å². The molecule has 2 heterocycles. The lowest BCUT2D eigenvalue weighted by molar-refractivity contribution is 0.00578. The van der Waals surface area contributed by atoms with Gasteiger partial charge < -0.3 is 19.1 Å². The molecule has 3 rings (SSSR count). The highest BCUT2D eigenvalue weighted by Crippen LogP contribution is 2.36. The van der Waals surface area contributed by atoms with Crippen molar-refractivity contribution in [1.82, 2.24) is 9.80 Å². The van der Waals surface area contributed by atoms with Gasteiger partial charge in [-0.1, -0.05) is 18.2 Å². The Hall–Kier alpha value is -1.37. The molecule has 2 saturated heterocycles. The largest absolute Gasteiger partial charge is 0.495 e. The Labute approximate surface area is 145 Å². The lowest BCUT2D eigenvalue weighted by Crippen LogP contribution is -2.49. The summed E-state index contributed by atoms with van der Waals surface area (Å²) < 4.78 is 12.3. The van der Waals surface area contributed by atoms with E-state index in [4.69, 9.17) is 9.31 Å². The Morgan fingerprint density at radius 1 is 1.00 bits per heavy atom. The van der Waals surface area contributed by atoms with Crippen molar-refractivity contribution in [2.45, 2.75) is 38.9 Å². The van der Waals surface area contributed by atoms with Crippen molar-refractivity contribution < 1.29 is 14.1 Å². The number of piperazine rings is 1. The molecule has 1 amide bonds. The molecule has 0 saturated carbocycles. The van der Waals surface area contributed by atoms with E-state index in [9.17, 15) is 4.79 Å². The number of hydrogen-bond donors (Lipinski definition) is 0. The Kier molecular flexibility index (Phi) is 4.49. The molecule has 6 heteroatoms. The smallest absolute Gasteiger partial charge is 0.399 e. The monoisotopic (exact) mass is 330 g/mol. The number of carbonyl (C=O) groups is 1. The van der Waals surface area contributed by atoms with Crippen molar-refractivity contribution in [3.63, 3.8) is 0 Å². The molecule has 0 unspecified atom stereocenters. The molecule has 24 heavy (non-hydrogen) atoms. The third-order valence-electron chi connectivity index (χ3n) is 5.49. The van der Waals surface area contributed by atoms with Crippen molar-refractivity contribution in [1.29, 1.82) is 0 Å². The summed E-state index contributed by atoms with van der Waals surface area (Å²) in [4.78, 5) is 17.2. The molecule has 2 aliphatic heterocycles. The predicted octanol–water partition coefficient (Wildman–Crippen LogP) is 1.37. The van der Waals surface area contributed by atoms with Crippen molar-refractivity contribution in [3.05, 3.63) is 29.8 Å². The van der Waals surface area contributed by atoms with Crippen LogP contribution in [0.2, 0.25) is 0 Å². The zero-order valence-electron chi connectivity index (χ0n) is 15.3. The maximum atomic E-state index is 13.0.